The Labute approximate surface area is 103 Å². The normalized spacial score (nSPS) is 10.9. The second-order valence-electron chi connectivity index (χ2n) is 4.07. The number of aromatic carboxylic acids is 1. The third-order valence-corrected chi connectivity index (χ3v) is 2.86. The van der Waals surface area contributed by atoms with Gasteiger partial charge in [0.1, 0.15) is 5.69 Å². The molecule has 0 saturated carbocycles. The molecule has 0 bridgehead atoms. The number of H-pyrrole nitrogens is 1. The number of aromatic nitrogens is 3. The highest BCUT2D eigenvalue weighted by molar-refractivity contribution is 5.94. The first-order valence-corrected chi connectivity index (χ1v) is 5.55. The van der Waals surface area contributed by atoms with Gasteiger partial charge in [0.15, 0.2) is 0 Å². The van der Waals surface area contributed by atoms with Gasteiger partial charge in [-0.3, -0.25) is 4.68 Å². The highest BCUT2D eigenvalue weighted by Crippen LogP contribution is 2.20. The number of carboxylic acids is 1. The van der Waals surface area contributed by atoms with Crippen LogP contribution in [0.4, 0.5) is 0 Å². The molecule has 0 aliphatic rings. The van der Waals surface area contributed by atoms with Crippen molar-refractivity contribution in [2.45, 2.75) is 6.54 Å². The number of benzene rings is 1. The maximum atomic E-state index is 11.0. The molecule has 2 aromatic heterocycles. The third kappa shape index (κ3) is 1.75. The van der Waals surface area contributed by atoms with Crippen molar-refractivity contribution < 1.29 is 9.90 Å². The number of hydrogen-bond donors (Lipinski definition) is 2. The van der Waals surface area contributed by atoms with Gasteiger partial charge in [0.25, 0.3) is 0 Å². The molecule has 0 spiro atoms. The average molecular weight is 241 g/mol. The summed E-state index contributed by atoms with van der Waals surface area (Å²) in [4.78, 5) is 13.9. The van der Waals surface area contributed by atoms with E-state index in [9.17, 15) is 4.79 Å². The molecule has 18 heavy (non-hydrogen) atoms. The molecule has 0 amide bonds. The summed E-state index contributed by atoms with van der Waals surface area (Å²) in [6.45, 7) is 0.615. The third-order valence-electron chi connectivity index (χ3n) is 2.86. The summed E-state index contributed by atoms with van der Waals surface area (Å²) >= 11 is 0. The van der Waals surface area contributed by atoms with E-state index in [0.29, 0.717) is 6.54 Å². The summed E-state index contributed by atoms with van der Waals surface area (Å²) in [5, 5.41) is 14.0. The van der Waals surface area contributed by atoms with Gasteiger partial charge in [-0.15, -0.1) is 0 Å². The molecule has 3 rings (SSSR count). The Morgan fingerprint density at radius 1 is 1.39 bits per heavy atom. The quantitative estimate of drug-likeness (QED) is 0.737. The van der Waals surface area contributed by atoms with Crippen LogP contribution in [0.3, 0.4) is 0 Å². The molecular weight excluding hydrogens is 230 g/mol. The van der Waals surface area contributed by atoms with Crippen LogP contribution in [-0.4, -0.2) is 25.8 Å². The number of aromatic amines is 1. The lowest BCUT2D eigenvalue weighted by atomic mass is 10.1. The lowest BCUT2D eigenvalue weighted by molar-refractivity contribution is 0.0691. The summed E-state index contributed by atoms with van der Waals surface area (Å²) < 4.78 is 1.80. The zero-order valence-electron chi connectivity index (χ0n) is 9.50. The fraction of sp³-hybridized carbons (Fsp3) is 0.0769. The highest BCUT2D eigenvalue weighted by atomic mass is 16.4. The van der Waals surface area contributed by atoms with E-state index in [1.54, 1.807) is 16.9 Å². The number of nitrogens with one attached hydrogen (secondary N) is 1. The van der Waals surface area contributed by atoms with Crippen molar-refractivity contribution in [1.29, 1.82) is 0 Å². The second-order valence-corrected chi connectivity index (χ2v) is 4.07. The largest absolute Gasteiger partial charge is 0.477 e. The van der Waals surface area contributed by atoms with E-state index in [-0.39, 0.29) is 5.69 Å². The average Bonchev–Trinajstić information content (AvgIpc) is 2.97. The van der Waals surface area contributed by atoms with Crippen molar-refractivity contribution in [3.05, 3.63) is 54.0 Å². The number of nitrogens with zero attached hydrogens (tertiary/aromatic N) is 2. The van der Waals surface area contributed by atoms with E-state index in [0.717, 1.165) is 16.5 Å². The van der Waals surface area contributed by atoms with Gasteiger partial charge in [-0.05, 0) is 17.7 Å². The first-order chi connectivity index (χ1) is 8.74. The molecule has 0 fully saturated rings. The van der Waals surface area contributed by atoms with Gasteiger partial charge in [0.2, 0.25) is 0 Å². The molecule has 2 N–H and O–H groups in total. The van der Waals surface area contributed by atoms with Crippen LogP contribution in [0.25, 0.3) is 10.9 Å². The predicted octanol–water partition coefficient (Wildman–Crippen LogP) is 2.11. The second kappa shape index (κ2) is 4.03. The van der Waals surface area contributed by atoms with Crippen LogP contribution in [0.2, 0.25) is 0 Å². The highest BCUT2D eigenvalue weighted by Gasteiger charge is 2.10. The molecule has 5 heteroatoms. The Balaban J connectivity index is 2.08. The van der Waals surface area contributed by atoms with E-state index < -0.39 is 5.97 Å². The zero-order valence-corrected chi connectivity index (χ0v) is 9.50. The first-order valence-electron chi connectivity index (χ1n) is 5.55. The van der Waals surface area contributed by atoms with Gasteiger partial charge < -0.3 is 10.1 Å². The fourth-order valence-electron chi connectivity index (χ4n) is 2.03. The maximum Gasteiger partial charge on any atom is 0.352 e. The number of carbonyl (C=O) groups is 1. The van der Waals surface area contributed by atoms with Gasteiger partial charge in [-0.25, -0.2) is 4.79 Å². The van der Waals surface area contributed by atoms with Crippen molar-refractivity contribution in [3.8, 4) is 0 Å². The molecule has 0 atom stereocenters. The van der Waals surface area contributed by atoms with Crippen LogP contribution >= 0.6 is 0 Å². The number of rotatable bonds is 3. The van der Waals surface area contributed by atoms with Crippen LogP contribution in [-0.2, 0) is 6.54 Å². The topological polar surface area (TPSA) is 70.9 Å². The summed E-state index contributed by atoms with van der Waals surface area (Å²) in [7, 11) is 0. The smallest absolute Gasteiger partial charge is 0.352 e. The maximum absolute atomic E-state index is 11.0. The number of carboxylic acid groups (broad SMARTS) is 1. The van der Waals surface area contributed by atoms with Crippen LogP contribution in [0, 0.1) is 0 Å². The lowest BCUT2D eigenvalue weighted by Crippen LogP contribution is -2.00. The minimum atomic E-state index is -0.948. The van der Waals surface area contributed by atoms with E-state index in [1.165, 1.54) is 0 Å². The molecule has 5 nitrogen and oxygen atoms in total. The molecule has 0 unspecified atom stereocenters. The minimum Gasteiger partial charge on any atom is -0.477 e. The Hall–Kier alpha value is -2.56. The minimum absolute atomic E-state index is 0.206. The van der Waals surface area contributed by atoms with Crippen molar-refractivity contribution in [1.82, 2.24) is 14.8 Å². The molecule has 2 heterocycles. The number of para-hydroxylation sites is 1. The van der Waals surface area contributed by atoms with E-state index >= 15 is 0 Å². The monoisotopic (exact) mass is 241 g/mol. The Bertz CT molecular complexity index is 698. The van der Waals surface area contributed by atoms with Crippen LogP contribution < -0.4 is 0 Å². The molecule has 0 saturated heterocycles. The molecular formula is C13H11N3O2. The lowest BCUT2D eigenvalue weighted by Gasteiger charge is -2.03. The SMILES string of the molecule is O=C(O)c1cc2cccc(Cn3cccn3)c2[nH]1. The van der Waals surface area contributed by atoms with E-state index in [2.05, 4.69) is 10.1 Å². The van der Waals surface area contributed by atoms with Gasteiger partial charge in [-0.1, -0.05) is 18.2 Å². The summed E-state index contributed by atoms with van der Waals surface area (Å²) in [6.07, 6.45) is 3.59. The summed E-state index contributed by atoms with van der Waals surface area (Å²) in [6, 6.07) is 9.28. The number of fused-ring (bicyclic) bond motifs is 1. The molecule has 90 valence electrons. The van der Waals surface area contributed by atoms with Gasteiger partial charge in [0.05, 0.1) is 12.1 Å². The van der Waals surface area contributed by atoms with E-state index in [4.69, 9.17) is 5.11 Å². The van der Waals surface area contributed by atoms with Crippen molar-refractivity contribution in [2.24, 2.45) is 0 Å². The molecule has 3 aromatic rings. The Kier molecular flexibility index (Phi) is 2.37. The van der Waals surface area contributed by atoms with E-state index in [1.807, 2.05) is 30.5 Å². The summed E-state index contributed by atoms with van der Waals surface area (Å²) in [5.41, 5.74) is 2.08. The van der Waals surface area contributed by atoms with Crippen LogP contribution in [0.1, 0.15) is 16.1 Å². The Morgan fingerprint density at radius 3 is 3.00 bits per heavy atom. The van der Waals surface area contributed by atoms with Gasteiger partial charge >= 0.3 is 5.97 Å². The fourth-order valence-corrected chi connectivity index (χ4v) is 2.03. The molecule has 0 aliphatic heterocycles. The van der Waals surface area contributed by atoms with Crippen LogP contribution in [0.15, 0.2) is 42.7 Å². The standard InChI is InChI=1S/C13H11N3O2/c17-13(18)11-7-9-3-1-4-10(12(9)15-11)8-16-6-2-5-14-16/h1-7,15H,8H2,(H,17,18). The van der Waals surface area contributed by atoms with Gasteiger partial charge in [-0.2, -0.15) is 5.10 Å². The molecule has 0 radical (unpaired) electrons. The predicted molar refractivity (Wildman–Crippen MR) is 66.6 cm³/mol. The van der Waals surface area contributed by atoms with Crippen molar-refractivity contribution in [3.63, 3.8) is 0 Å². The van der Waals surface area contributed by atoms with Crippen molar-refractivity contribution in [2.75, 3.05) is 0 Å². The Morgan fingerprint density at radius 2 is 2.28 bits per heavy atom. The summed E-state index contributed by atoms with van der Waals surface area (Å²) in [5.74, 6) is -0.948. The zero-order chi connectivity index (χ0) is 12.5. The van der Waals surface area contributed by atoms with Crippen molar-refractivity contribution >= 4 is 16.9 Å². The molecule has 1 aromatic carbocycles. The molecule has 0 aliphatic carbocycles. The van der Waals surface area contributed by atoms with Crippen LogP contribution in [0.5, 0.6) is 0 Å². The number of hydrogen-bond acceptors (Lipinski definition) is 2. The first kappa shape index (κ1) is 10.6. The van der Waals surface area contributed by atoms with Gasteiger partial charge in [0, 0.05) is 17.8 Å².